The monoisotopic (exact) mass is 171 g/mol. The van der Waals surface area contributed by atoms with Crippen molar-refractivity contribution in [2.75, 3.05) is 26.3 Å². The zero-order valence-electron chi connectivity index (χ0n) is 6.80. The number of morpholine rings is 1. The van der Waals surface area contributed by atoms with Gasteiger partial charge in [0.05, 0.1) is 13.2 Å². The van der Waals surface area contributed by atoms with E-state index in [-0.39, 0.29) is 5.56 Å². The number of H-pyrrole nitrogens is 2. The number of hydrogen-bond donors (Lipinski definition) is 3. The molecule has 1 aromatic rings. The molecule has 0 aromatic carbocycles. The number of hydrogen-bond acceptors (Lipinski definition) is 3. The minimum absolute atomic E-state index is 0.0880. The van der Waals surface area contributed by atoms with Crippen LogP contribution in [0.1, 0.15) is 0 Å². The summed E-state index contributed by atoms with van der Waals surface area (Å²) in [6.07, 6.45) is 1.54. The minimum atomic E-state index is -0.0880. The lowest BCUT2D eigenvalue weighted by molar-refractivity contribution is 0.109. The van der Waals surface area contributed by atoms with Gasteiger partial charge in [-0.05, 0) is 0 Å². The Hall–Kier alpha value is -1.07. The lowest BCUT2D eigenvalue weighted by atomic mass is 10.5. The Balaban J connectivity index is 0.000000120. The highest BCUT2D eigenvalue weighted by molar-refractivity contribution is 4.75. The molecule has 0 amide bonds. The highest BCUT2D eigenvalue weighted by Crippen LogP contribution is 1.76. The zero-order valence-corrected chi connectivity index (χ0v) is 6.80. The van der Waals surface area contributed by atoms with Crippen LogP contribution in [0.4, 0.5) is 0 Å². The van der Waals surface area contributed by atoms with Crippen LogP contribution < -0.4 is 10.9 Å². The molecule has 0 aliphatic carbocycles. The fourth-order valence-electron chi connectivity index (χ4n) is 0.788. The molecule has 0 spiro atoms. The lowest BCUT2D eigenvalue weighted by Crippen LogP contribution is -2.30. The average Bonchev–Trinajstić information content (AvgIpc) is 2.60. The summed E-state index contributed by atoms with van der Waals surface area (Å²) in [5, 5.41) is 7.97. The Morgan fingerprint density at radius 3 is 2.25 bits per heavy atom. The van der Waals surface area contributed by atoms with Crippen molar-refractivity contribution in [3.8, 4) is 0 Å². The predicted molar refractivity (Wildman–Crippen MR) is 45.1 cm³/mol. The van der Waals surface area contributed by atoms with Gasteiger partial charge in [0.2, 0.25) is 0 Å². The van der Waals surface area contributed by atoms with Crippen molar-refractivity contribution in [3.63, 3.8) is 0 Å². The molecule has 2 heterocycles. The van der Waals surface area contributed by atoms with Crippen LogP contribution in [0.5, 0.6) is 0 Å². The molecule has 0 radical (unpaired) electrons. The van der Waals surface area contributed by atoms with Crippen molar-refractivity contribution < 1.29 is 4.74 Å². The van der Waals surface area contributed by atoms with Gasteiger partial charge in [-0.3, -0.25) is 9.89 Å². The molecule has 5 nitrogen and oxygen atoms in total. The van der Waals surface area contributed by atoms with E-state index < -0.39 is 0 Å². The van der Waals surface area contributed by atoms with Gasteiger partial charge in [0.25, 0.3) is 5.56 Å². The van der Waals surface area contributed by atoms with Crippen molar-refractivity contribution in [1.29, 1.82) is 0 Å². The van der Waals surface area contributed by atoms with Gasteiger partial charge >= 0.3 is 0 Å². The van der Waals surface area contributed by atoms with Crippen LogP contribution in [-0.4, -0.2) is 36.5 Å². The van der Waals surface area contributed by atoms with Crippen LogP contribution in [0.25, 0.3) is 0 Å². The minimum Gasteiger partial charge on any atom is -0.379 e. The van der Waals surface area contributed by atoms with Crippen molar-refractivity contribution in [2.24, 2.45) is 0 Å². The van der Waals surface area contributed by atoms with E-state index in [1.165, 1.54) is 6.07 Å². The molecule has 3 N–H and O–H groups in total. The molecule has 2 rings (SSSR count). The van der Waals surface area contributed by atoms with Gasteiger partial charge in [-0.1, -0.05) is 0 Å². The molecule has 12 heavy (non-hydrogen) atoms. The Morgan fingerprint density at radius 1 is 1.33 bits per heavy atom. The number of rotatable bonds is 0. The van der Waals surface area contributed by atoms with E-state index in [0.717, 1.165) is 26.3 Å². The van der Waals surface area contributed by atoms with Gasteiger partial charge in [0, 0.05) is 25.4 Å². The summed E-state index contributed by atoms with van der Waals surface area (Å²) in [5.74, 6) is 0. The third kappa shape index (κ3) is 3.95. The number of aromatic nitrogens is 2. The van der Waals surface area contributed by atoms with Gasteiger partial charge in [-0.25, -0.2) is 0 Å². The van der Waals surface area contributed by atoms with Gasteiger partial charge in [-0.15, -0.1) is 0 Å². The molecule has 0 saturated carbocycles. The summed E-state index contributed by atoms with van der Waals surface area (Å²) >= 11 is 0. The SMILES string of the molecule is C1COCCN1.O=c1cc[nH][nH]1. The van der Waals surface area contributed by atoms with Crippen LogP contribution in [0.3, 0.4) is 0 Å². The summed E-state index contributed by atoms with van der Waals surface area (Å²) < 4.78 is 5.01. The Morgan fingerprint density at radius 2 is 2.08 bits per heavy atom. The number of aromatic amines is 2. The van der Waals surface area contributed by atoms with Crippen molar-refractivity contribution in [2.45, 2.75) is 0 Å². The maximum absolute atomic E-state index is 9.98. The largest absolute Gasteiger partial charge is 0.379 e. The topological polar surface area (TPSA) is 69.9 Å². The highest BCUT2D eigenvalue weighted by Gasteiger charge is 1.92. The van der Waals surface area contributed by atoms with Gasteiger partial charge in [0.15, 0.2) is 0 Å². The van der Waals surface area contributed by atoms with Crippen LogP contribution in [0.15, 0.2) is 17.1 Å². The smallest absolute Gasteiger partial charge is 0.263 e. The van der Waals surface area contributed by atoms with Crippen LogP contribution in [-0.2, 0) is 4.74 Å². The molecular weight excluding hydrogens is 158 g/mol. The summed E-state index contributed by atoms with van der Waals surface area (Å²) in [5.41, 5.74) is -0.0880. The fourth-order valence-corrected chi connectivity index (χ4v) is 0.788. The molecule has 68 valence electrons. The molecule has 1 aliphatic rings. The first kappa shape index (κ1) is 9.02. The predicted octanol–water partition coefficient (Wildman–Crippen LogP) is -0.691. The third-order valence-electron chi connectivity index (χ3n) is 1.36. The van der Waals surface area contributed by atoms with Crippen LogP contribution >= 0.6 is 0 Å². The second kappa shape index (κ2) is 5.56. The molecule has 1 aliphatic heterocycles. The van der Waals surface area contributed by atoms with Gasteiger partial charge in [-0.2, -0.15) is 0 Å². The molecule has 0 unspecified atom stereocenters. The van der Waals surface area contributed by atoms with E-state index in [2.05, 4.69) is 15.5 Å². The number of ether oxygens (including phenoxy) is 1. The fraction of sp³-hybridized carbons (Fsp3) is 0.571. The Bertz CT molecular complexity index is 211. The van der Waals surface area contributed by atoms with Crippen molar-refractivity contribution in [3.05, 3.63) is 22.6 Å². The molecular formula is C7H13N3O2. The van der Waals surface area contributed by atoms with Crippen LogP contribution in [0, 0.1) is 0 Å². The molecule has 1 fully saturated rings. The van der Waals surface area contributed by atoms with E-state index in [1.807, 2.05) is 0 Å². The van der Waals surface area contributed by atoms with E-state index in [0.29, 0.717) is 0 Å². The van der Waals surface area contributed by atoms with E-state index >= 15 is 0 Å². The second-order valence-corrected chi connectivity index (χ2v) is 2.33. The second-order valence-electron chi connectivity index (χ2n) is 2.33. The molecule has 0 bridgehead atoms. The Kier molecular flexibility index (Phi) is 4.18. The molecule has 1 saturated heterocycles. The van der Waals surface area contributed by atoms with Crippen molar-refractivity contribution in [1.82, 2.24) is 15.5 Å². The van der Waals surface area contributed by atoms with Gasteiger partial charge in [0.1, 0.15) is 0 Å². The van der Waals surface area contributed by atoms with Crippen molar-refractivity contribution >= 4 is 0 Å². The molecule has 1 aromatic heterocycles. The molecule has 5 heteroatoms. The molecule has 0 atom stereocenters. The maximum Gasteiger partial charge on any atom is 0.263 e. The normalized spacial score (nSPS) is 16.3. The zero-order chi connectivity index (χ0) is 8.65. The summed E-state index contributed by atoms with van der Waals surface area (Å²) in [6, 6.07) is 1.42. The first-order valence-corrected chi connectivity index (χ1v) is 3.90. The number of nitrogens with one attached hydrogen (secondary N) is 3. The van der Waals surface area contributed by atoms with Crippen LogP contribution in [0.2, 0.25) is 0 Å². The third-order valence-corrected chi connectivity index (χ3v) is 1.36. The van der Waals surface area contributed by atoms with E-state index in [1.54, 1.807) is 6.20 Å². The first-order valence-electron chi connectivity index (χ1n) is 3.90. The van der Waals surface area contributed by atoms with E-state index in [9.17, 15) is 4.79 Å². The van der Waals surface area contributed by atoms with E-state index in [4.69, 9.17) is 4.74 Å². The summed E-state index contributed by atoms with van der Waals surface area (Å²) in [6.45, 7) is 3.83. The highest BCUT2D eigenvalue weighted by atomic mass is 16.5. The average molecular weight is 171 g/mol. The lowest BCUT2D eigenvalue weighted by Gasteiger charge is -2.10. The standard InChI is InChI=1S/C4H9NO.C3H4N2O/c1-3-6-4-2-5-1;6-3-1-2-4-5-3/h5H,1-4H2;1-2H,(H2,4,5,6). The maximum atomic E-state index is 9.98. The summed E-state index contributed by atoms with van der Waals surface area (Å²) in [4.78, 5) is 9.98. The van der Waals surface area contributed by atoms with Gasteiger partial charge < -0.3 is 15.2 Å². The quantitative estimate of drug-likeness (QED) is 0.484. The Labute approximate surface area is 70.1 Å². The summed E-state index contributed by atoms with van der Waals surface area (Å²) in [7, 11) is 0. The first-order chi connectivity index (χ1) is 5.89.